The van der Waals surface area contributed by atoms with Gasteiger partial charge in [-0.25, -0.2) is 4.98 Å². The number of fused-ring (bicyclic) bond motifs is 1. The Hall–Kier alpha value is -3.28. The summed E-state index contributed by atoms with van der Waals surface area (Å²) in [4.78, 5) is 9.03. The van der Waals surface area contributed by atoms with Gasteiger partial charge in [0.25, 0.3) is 0 Å². The maximum absolute atomic E-state index is 13.2. The van der Waals surface area contributed by atoms with Crippen LogP contribution in [-0.4, -0.2) is 47.3 Å². The number of nitrogens with zero attached hydrogens (tertiary/aromatic N) is 2. The van der Waals surface area contributed by atoms with Gasteiger partial charge in [-0.05, 0) is 49.4 Å². The number of aromatic nitrogens is 2. The number of rotatable bonds is 7. The van der Waals surface area contributed by atoms with Crippen molar-refractivity contribution in [2.75, 3.05) is 24.9 Å². The van der Waals surface area contributed by atoms with Crippen molar-refractivity contribution in [3.05, 3.63) is 71.8 Å². The van der Waals surface area contributed by atoms with Crippen LogP contribution >= 0.6 is 0 Å². The van der Waals surface area contributed by atoms with E-state index in [9.17, 15) is 18.3 Å². The molecule has 0 fully saturated rings. The maximum Gasteiger partial charge on any atom is 0.416 e. The number of H-pyrrole nitrogens is 1. The normalized spacial score (nSPS) is 22.1. The van der Waals surface area contributed by atoms with Crippen LogP contribution in [-0.2, 0) is 22.2 Å². The summed E-state index contributed by atoms with van der Waals surface area (Å²) in [7, 11) is 2.86. The summed E-state index contributed by atoms with van der Waals surface area (Å²) in [6.45, 7) is 1.80. The standard InChI is InChI=1S/C24H27F3N4O4/c1-23(22(33-2)34-3)21(32)20(17-12-15(28)6-9-18(17)35-23)31(13-19-29-10-11-30-19)16-7-4-14(5-8-16)24(25,26)27/h4-12,20-22,32H,13,28H2,1-3H3,(H,29,30)/t20-,21+,23-/m1/s1. The largest absolute Gasteiger partial charge is 0.479 e. The zero-order valence-corrected chi connectivity index (χ0v) is 19.4. The predicted molar refractivity (Wildman–Crippen MR) is 123 cm³/mol. The average molecular weight is 492 g/mol. The van der Waals surface area contributed by atoms with Crippen LogP contribution in [0.15, 0.2) is 54.9 Å². The molecule has 4 N–H and O–H groups in total. The van der Waals surface area contributed by atoms with E-state index in [0.717, 1.165) is 12.1 Å². The van der Waals surface area contributed by atoms with E-state index in [1.54, 1.807) is 42.4 Å². The molecular formula is C24H27F3N4O4. The summed E-state index contributed by atoms with van der Waals surface area (Å²) >= 11 is 0. The van der Waals surface area contributed by atoms with E-state index < -0.39 is 35.8 Å². The monoisotopic (exact) mass is 492 g/mol. The van der Waals surface area contributed by atoms with E-state index in [1.165, 1.54) is 26.4 Å². The number of methoxy groups -OCH3 is 2. The Morgan fingerprint density at radius 3 is 2.46 bits per heavy atom. The molecular weight excluding hydrogens is 465 g/mol. The third-order valence-electron chi connectivity index (χ3n) is 6.20. The van der Waals surface area contributed by atoms with E-state index in [-0.39, 0.29) is 6.54 Å². The highest BCUT2D eigenvalue weighted by Gasteiger charge is 2.54. The topological polar surface area (TPSA) is 106 Å². The van der Waals surface area contributed by atoms with Crippen molar-refractivity contribution in [1.29, 1.82) is 0 Å². The van der Waals surface area contributed by atoms with Crippen molar-refractivity contribution in [3.63, 3.8) is 0 Å². The number of benzene rings is 2. The fourth-order valence-corrected chi connectivity index (χ4v) is 4.50. The summed E-state index contributed by atoms with van der Waals surface area (Å²) in [5.41, 5.74) is 5.35. The van der Waals surface area contributed by atoms with Gasteiger partial charge in [0.1, 0.15) is 17.7 Å². The van der Waals surface area contributed by atoms with Gasteiger partial charge in [-0.3, -0.25) is 0 Å². The van der Waals surface area contributed by atoms with Gasteiger partial charge in [-0.1, -0.05) is 0 Å². The van der Waals surface area contributed by atoms with Crippen LogP contribution in [0.4, 0.5) is 24.5 Å². The second-order valence-corrected chi connectivity index (χ2v) is 8.48. The van der Waals surface area contributed by atoms with Gasteiger partial charge in [0.15, 0.2) is 11.9 Å². The minimum atomic E-state index is -4.48. The molecule has 0 saturated carbocycles. The number of aromatic amines is 1. The van der Waals surface area contributed by atoms with Crippen molar-refractivity contribution < 1.29 is 32.5 Å². The van der Waals surface area contributed by atoms with E-state index in [2.05, 4.69) is 9.97 Å². The third-order valence-corrected chi connectivity index (χ3v) is 6.20. The van der Waals surface area contributed by atoms with Crippen LogP contribution in [0.2, 0.25) is 0 Å². The van der Waals surface area contributed by atoms with Crippen LogP contribution in [0.3, 0.4) is 0 Å². The summed E-state index contributed by atoms with van der Waals surface area (Å²) < 4.78 is 56.8. The Bertz CT molecular complexity index is 1140. The SMILES string of the molecule is COC(OC)[C@]1(C)Oc2ccc(N)cc2[C@@H](N(Cc2ncc[nH]2)c2ccc(C(F)(F)F)cc2)[C@@H]1O. The second kappa shape index (κ2) is 9.40. The molecule has 0 bridgehead atoms. The number of alkyl halides is 3. The predicted octanol–water partition coefficient (Wildman–Crippen LogP) is 3.89. The van der Waals surface area contributed by atoms with Gasteiger partial charge in [-0.2, -0.15) is 13.2 Å². The summed E-state index contributed by atoms with van der Waals surface area (Å²) in [6, 6.07) is 8.95. The fraction of sp³-hybridized carbons (Fsp3) is 0.375. The molecule has 11 heteroatoms. The third kappa shape index (κ3) is 4.66. The number of hydrogen-bond acceptors (Lipinski definition) is 7. The van der Waals surface area contributed by atoms with Crippen LogP contribution in [0.1, 0.15) is 29.9 Å². The molecule has 4 rings (SSSR count). The Labute approximate surface area is 200 Å². The fourth-order valence-electron chi connectivity index (χ4n) is 4.50. The molecule has 8 nitrogen and oxygen atoms in total. The zero-order chi connectivity index (χ0) is 25.4. The van der Waals surface area contributed by atoms with E-state index >= 15 is 0 Å². The first kappa shape index (κ1) is 24.8. The zero-order valence-electron chi connectivity index (χ0n) is 19.4. The molecule has 2 heterocycles. The van der Waals surface area contributed by atoms with E-state index in [0.29, 0.717) is 28.5 Å². The van der Waals surface area contributed by atoms with Gasteiger partial charge in [-0.15, -0.1) is 0 Å². The smallest absolute Gasteiger partial charge is 0.416 e. The number of imidazole rings is 1. The van der Waals surface area contributed by atoms with Gasteiger partial charge in [0, 0.05) is 43.6 Å². The van der Waals surface area contributed by atoms with Crippen molar-refractivity contribution in [2.24, 2.45) is 0 Å². The number of nitrogens with two attached hydrogens (primary N) is 1. The minimum absolute atomic E-state index is 0.148. The lowest BCUT2D eigenvalue weighted by Crippen LogP contribution is -2.62. The average Bonchev–Trinajstić information content (AvgIpc) is 3.33. The molecule has 1 aliphatic rings. The molecule has 1 aromatic heterocycles. The number of aliphatic hydroxyl groups is 1. The van der Waals surface area contributed by atoms with Gasteiger partial charge >= 0.3 is 6.18 Å². The van der Waals surface area contributed by atoms with Gasteiger partial charge in [0.05, 0.1) is 18.2 Å². The Balaban J connectivity index is 1.88. The molecule has 0 aliphatic carbocycles. The minimum Gasteiger partial charge on any atom is -0.479 e. The number of hydrogen-bond donors (Lipinski definition) is 3. The summed E-state index contributed by atoms with van der Waals surface area (Å²) in [5, 5.41) is 11.7. The number of nitrogens with one attached hydrogen (secondary N) is 1. The molecule has 0 radical (unpaired) electrons. The van der Waals surface area contributed by atoms with Crippen molar-refractivity contribution in [3.8, 4) is 5.75 Å². The van der Waals surface area contributed by atoms with Crippen molar-refractivity contribution >= 4 is 11.4 Å². The molecule has 0 unspecified atom stereocenters. The molecule has 35 heavy (non-hydrogen) atoms. The van der Waals surface area contributed by atoms with Crippen LogP contribution in [0.5, 0.6) is 5.75 Å². The molecule has 1 aliphatic heterocycles. The van der Waals surface area contributed by atoms with Crippen LogP contribution < -0.4 is 15.4 Å². The van der Waals surface area contributed by atoms with Crippen LogP contribution in [0, 0.1) is 0 Å². The van der Waals surface area contributed by atoms with Crippen LogP contribution in [0.25, 0.3) is 0 Å². The number of ether oxygens (including phenoxy) is 3. The van der Waals surface area contributed by atoms with Crippen molar-refractivity contribution in [2.45, 2.75) is 43.7 Å². The first-order valence-corrected chi connectivity index (χ1v) is 10.8. The molecule has 2 aromatic carbocycles. The van der Waals surface area contributed by atoms with E-state index in [4.69, 9.17) is 19.9 Å². The lowest BCUT2D eigenvalue weighted by molar-refractivity contribution is -0.237. The Morgan fingerprint density at radius 1 is 1.20 bits per heavy atom. The first-order valence-electron chi connectivity index (χ1n) is 10.8. The highest BCUT2D eigenvalue weighted by molar-refractivity contribution is 5.57. The van der Waals surface area contributed by atoms with Crippen molar-refractivity contribution in [1.82, 2.24) is 9.97 Å². The first-order chi connectivity index (χ1) is 16.6. The van der Waals surface area contributed by atoms with Gasteiger partial charge in [0.2, 0.25) is 0 Å². The quantitative estimate of drug-likeness (QED) is 0.339. The molecule has 188 valence electrons. The summed E-state index contributed by atoms with van der Waals surface area (Å²) in [6.07, 6.45) is -3.47. The molecule has 3 aromatic rings. The Morgan fingerprint density at radius 2 is 1.89 bits per heavy atom. The van der Waals surface area contributed by atoms with E-state index in [1.807, 2.05) is 0 Å². The second-order valence-electron chi connectivity index (χ2n) is 8.48. The number of aliphatic hydroxyl groups excluding tert-OH is 1. The highest BCUT2D eigenvalue weighted by Crippen LogP contribution is 2.47. The molecule has 3 atom stereocenters. The lowest BCUT2D eigenvalue weighted by Gasteiger charge is -2.50. The van der Waals surface area contributed by atoms with Gasteiger partial charge < -0.3 is 34.9 Å². The summed E-state index contributed by atoms with van der Waals surface area (Å²) in [5.74, 6) is 0.984. The number of nitrogen functional groups attached to an aromatic ring is 1. The number of anilines is 2. The highest BCUT2D eigenvalue weighted by atomic mass is 19.4. The molecule has 0 spiro atoms. The maximum atomic E-state index is 13.2. The molecule has 0 saturated heterocycles. The number of halogens is 3. The molecule has 0 amide bonds. The lowest BCUT2D eigenvalue weighted by atomic mass is 9.83. The Kier molecular flexibility index (Phi) is 6.67.